The van der Waals surface area contributed by atoms with Crippen molar-refractivity contribution in [1.29, 1.82) is 5.26 Å². The minimum Gasteiger partial charge on any atom is -0.233 e. The van der Waals surface area contributed by atoms with Gasteiger partial charge < -0.3 is 0 Å². The molecule has 0 saturated carbocycles. The highest BCUT2D eigenvalue weighted by Gasteiger charge is 2.13. The molecule has 0 radical (unpaired) electrons. The predicted octanol–water partition coefficient (Wildman–Crippen LogP) is 1.02. The summed E-state index contributed by atoms with van der Waals surface area (Å²) in [6.45, 7) is 0. The molecule has 0 bridgehead atoms. The van der Waals surface area contributed by atoms with Crippen molar-refractivity contribution in [1.82, 2.24) is 19.7 Å². The van der Waals surface area contributed by atoms with Crippen molar-refractivity contribution in [3.63, 3.8) is 0 Å². The molecular formula is C11H9N5. The lowest BCUT2D eigenvalue weighted by Crippen LogP contribution is -2.01. The van der Waals surface area contributed by atoms with Crippen molar-refractivity contribution in [3.8, 4) is 11.9 Å². The molecule has 0 saturated heterocycles. The van der Waals surface area contributed by atoms with Crippen LogP contribution in [0.4, 0.5) is 0 Å². The number of nitriles is 1. The van der Waals surface area contributed by atoms with E-state index in [1.54, 1.807) is 0 Å². The summed E-state index contributed by atoms with van der Waals surface area (Å²) >= 11 is 0. The van der Waals surface area contributed by atoms with E-state index in [9.17, 15) is 0 Å². The zero-order valence-electron chi connectivity index (χ0n) is 8.59. The number of hydrogen-bond acceptors (Lipinski definition) is 4. The van der Waals surface area contributed by atoms with E-state index in [-0.39, 0.29) is 5.82 Å². The molecule has 0 unspecified atom stereocenters. The Kier molecular flexibility index (Phi) is 1.93. The molecule has 5 heteroatoms. The van der Waals surface area contributed by atoms with E-state index < -0.39 is 0 Å². The van der Waals surface area contributed by atoms with Gasteiger partial charge in [-0.05, 0) is 30.9 Å². The zero-order chi connectivity index (χ0) is 11.0. The molecule has 0 atom stereocenters. The van der Waals surface area contributed by atoms with Gasteiger partial charge in [-0.2, -0.15) is 5.26 Å². The Morgan fingerprint density at radius 3 is 3.06 bits per heavy atom. The topological polar surface area (TPSA) is 67.4 Å². The summed E-state index contributed by atoms with van der Waals surface area (Å²) in [5.74, 6) is 0.900. The summed E-state index contributed by atoms with van der Waals surface area (Å²) in [6.07, 6.45) is 4.83. The molecule has 16 heavy (non-hydrogen) atoms. The Hall–Kier alpha value is -2.22. The van der Waals surface area contributed by atoms with E-state index in [0.717, 1.165) is 24.4 Å². The van der Waals surface area contributed by atoms with Crippen molar-refractivity contribution in [3.05, 3.63) is 35.5 Å². The number of fused-ring (bicyclic) bond motifs is 1. The van der Waals surface area contributed by atoms with Crippen LogP contribution in [0.5, 0.6) is 0 Å². The summed E-state index contributed by atoms with van der Waals surface area (Å²) in [7, 11) is 0. The third-order valence-corrected chi connectivity index (χ3v) is 2.74. The zero-order valence-corrected chi connectivity index (χ0v) is 8.59. The fourth-order valence-electron chi connectivity index (χ4n) is 1.96. The van der Waals surface area contributed by atoms with Gasteiger partial charge in [-0.1, -0.05) is 6.07 Å². The van der Waals surface area contributed by atoms with Gasteiger partial charge in [0.2, 0.25) is 0 Å². The predicted molar refractivity (Wildman–Crippen MR) is 55.9 cm³/mol. The second-order valence-corrected chi connectivity index (χ2v) is 3.75. The van der Waals surface area contributed by atoms with E-state index >= 15 is 0 Å². The van der Waals surface area contributed by atoms with Crippen LogP contribution in [0.25, 0.3) is 5.82 Å². The Morgan fingerprint density at radius 1 is 1.31 bits per heavy atom. The molecule has 2 aromatic heterocycles. The van der Waals surface area contributed by atoms with Crippen LogP contribution in [0.1, 0.15) is 23.5 Å². The SMILES string of the molecule is N#Cc1ncn(-c2ccc3c(n2)CCC3)n1. The van der Waals surface area contributed by atoms with Gasteiger partial charge in [0.1, 0.15) is 12.4 Å². The molecule has 0 fully saturated rings. The van der Waals surface area contributed by atoms with Crippen LogP contribution in [0.3, 0.4) is 0 Å². The lowest BCUT2D eigenvalue weighted by Gasteiger charge is -2.02. The monoisotopic (exact) mass is 211 g/mol. The van der Waals surface area contributed by atoms with Gasteiger partial charge in [-0.3, -0.25) is 0 Å². The minimum absolute atomic E-state index is 0.169. The third-order valence-electron chi connectivity index (χ3n) is 2.74. The van der Waals surface area contributed by atoms with E-state index in [1.165, 1.54) is 23.0 Å². The Morgan fingerprint density at radius 2 is 2.25 bits per heavy atom. The van der Waals surface area contributed by atoms with Gasteiger partial charge in [-0.25, -0.2) is 14.6 Å². The largest absolute Gasteiger partial charge is 0.252 e. The summed E-state index contributed by atoms with van der Waals surface area (Å²) in [5.41, 5.74) is 2.47. The van der Waals surface area contributed by atoms with Gasteiger partial charge in [0.15, 0.2) is 5.82 Å². The highest BCUT2D eigenvalue weighted by molar-refractivity contribution is 5.32. The van der Waals surface area contributed by atoms with Crippen molar-refractivity contribution < 1.29 is 0 Å². The average Bonchev–Trinajstić information content (AvgIpc) is 2.96. The quantitative estimate of drug-likeness (QED) is 0.706. The molecule has 3 rings (SSSR count). The van der Waals surface area contributed by atoms with Gasteiger partial charge in [0.25, 0.3) is 5.82 Å². The normalized spacial score (nSPS) is 13.4. The van der Waals surface area contributed by atoms with E-state index in [2.05, 4.69) is 21.1 Å². The molecule has 0 aliphatic heterocycles. The van der Waals surface area contributed by atoms with Gasteiger partial charge in [0, 0.05) is 5.69 Å². The molecule has 1 aliphatic carbocycles. The second kappa shape index (κ2) is 3.42. The number of nitrogens with zero attached hydrogens (tertiary/aromatic N) is 5. The number of hydrogen-bond donors (Lipinski definition) is 0. The first-order valence-corrected chi connectivity index (χ1v) is 5.18. The fraction of sp³-hybridized carbons (Fsp3) is 0.273. The Labute approximate surface area is 92.4 Å². The third kappa shape index (κ3) is 1.36. The van der Waals surface area contributed by atoms with Gasteiger partial charge >= 0.3 is 0 Å². The fourth-order valence-corrected chi connectivity index (χ4v) is 1.96. The first-order valence-electron chi connectivity index (χ1n) is 5.18. The van der Waals surface area contributed by atoms with Crippen LogP contribution in [0.15, 0.2) is 18.5 Å². The average molecular weight is 211 g/mol. The molecule has 2 aromatic rings. The smallest absolute Gasteiger partial charge is 0.233 e. The van der Waals surface area contributed by atoms with E-state index in [4.69, 9.17) is 5.26 Å². The van der Waals surface area contributed by atoms with E-state index in [1.807, 2.05) is 12.1 Å². The molecule has 0 N–H and O–H groups in total. The van der Waals surface area contributed by atoms with Crippen molar-refractivity contribution in [2.24, 2.45) is 0 Å². The first-order chi connectivity index (χ1) is 7.86. The van der Waals surface area contributed by atoms with Crippen LogP contribution >= 0.6 is 0 Å². The lowest BCUT2D eigenvalue weighted by atomic mass is 10.2. The van der Waals surface area contributed by atoms with Crippen LogP contribution in [0.2, 0.25) is 0 Å². The van der Waals surface area contributed by atoms with Gasteiger partial charge in [0.05, 0.1) is 0 Å². The minimum atomic E-state index is 0.169. The summed E-state index contributed by atoms with van der Waals surface area (Å²) in [4.78, 5) is 8.38. The molecular weight excluding hydrogens is 202 g/mol. The molecule has 1 aliphatic rings. The van der Waals surface area contributed by atoms with Gasteiger partial charge in [-0.15, -0.1) is 5.10 Å². The van der Waals surface area contributed by atoms with Crippen LogP contribution < -0.4 is 0 Å². The number of aromatic nitrogens is 4. The van der Waals surface area contributed by atoms with E-state index in [0.29, 0.717) is 0 Å². The number of pyridine rings is 1. The molecule has 0 amide bonds. The van der Waals surface area contributed by atoms with Crippen LogP contribution in [-0.2, 0) is 12.8 Å². The molecule has 2 heterocycles. The Bertz CT molecular complexity index is 578. The maximum absolute atomic E-state index is 8.64. The highest BCUT2D eigenvalue weighted by Crippen LogP contribution is 2.20. The summed E-state index contributed by atoms with van der Waals surface area (Å²) in [6, 6.07) is 5.90. The van der Waals surface area contributed by atoms with Crippen molar-refractivity contribution in [2.75, 3.05) is 0 Å². The van der Waals surface area contributed by atoms with Crippen LogP contribution in [0, 0.1) is 11.3 Å². The standard InChI is InChI=1S/C11H9N5/c12-6-10-13-7-16(15-10)11-5-4-8-2-1-3-9(8)14-11/h4-5,7H,1-3H2. The molecule has 78 valence electrons. The van der Waals surface area contributed by atoms with Crippen molar-refractivity contribution in [2.45, 2.75) is 19.3 Å². The van der Waals surface area contributed by atoms with Crippen LogP contribution in [-0.4, -0.2) is 19.7 Å². The summed E-state index contributed by atoms with van der Waals surface area (Å²) in [5, 5.41) is 12.7. The first kappa shape index (κ1) is 9.04. The number of aryl methyl sites for hydroxylation is 2. The maximum Gasteiger partial charge on any atom is 0.252 e. The molecule has 0 aromatic carbocycles. The number of rotatable bonds is 1. The molecule has 5 nitrogen and oxygen atoms in total. The second-order valence-electron chi connectivity index (χ2n) is 3.75. The highest BCUT2D eigenvalue weighted by atomic mass is 15.4. The van der Waals surface area contributed by atoms with Crippen molar-refractivity contribution >= 4 is 0 Å². The maximum atomic E-state index is 8.64. The molecule has 0 spiro atoms. The lowest BCUT2D eigenvalue weighted by molar-refractivity contribution is 0.825. The summed E-state index contributed by atoms with van der Waals surface area (Å²) < 4.78 is 1.54. The Balaban J connectivity index is 2.04.